The first-order chi connectivity index (χ1) is 13.4. The highest BCUT2D eigenvalue weighted by Gasteiger charge is 2.29. The Bertz CT molecular complexity index is 925. The quantitative estimate of drug-likeness (QED) is 0.787. The summed E-state index contributed by atoms with van der Waals surface area (Å²) in [6.45, 7) is 0. The zero-order valence-corrected chi connectivity index (χ0v) is 15.4. The predicted octanol–water partition coefficient (Wildman–Crippen LogP) is 3.58. The molecule has 0 fully saturated rings. The van der Waals surface area contributed by atoms with Crippen LogP contribution in [-0.2, 0) is 16.0 Å². The maximum Gasteiger partial charge on any atom is 0.231 e. The molecule has 5 nitrogen and oxygen atoms in total. The van der Waals surface area contributed by atoms with E-state index < -0.39 is 23.6 Å². The molecule has 1 aliphatic rings. The topological polar surface area (TPSA) is 55.8 Å². The second-order valence-electron chi connectivity index (χ2n) is 6.33. The third-order valence-corrected chi connectivity index (χ3v) is 4.59. The van der Waals surface area contributed by atoms with Crippen molar-refractivity contribution in [3.63, 3.8) is 0 Å². The Balaban J connectivity index is 1.88. The van der Waals surface area contributed by atoms with Crippen molar-refractivity contribution in [1.29, 1.82) is 0 Å². The first kappa shape index (κ1) is 19.5. The molecular formula is C21H19F2NO4. The number of allylic oxidation sites excluding steroid dienone is 1. The molecule has 0 radical (unpaired) electrons. The van der Waals surface area contributed by atoms with Crippen molar-refractivity contribution in [2.24, 2.45) is 0 Å². The molecule has 0 aromatic heterocycles. The average Bonchev–Trinajstić information content (AvgIpc) is 2.69. The molecule has 0 aliphatic carbocycles. The number of amides is 1. The summed E-state index contributed by atoms with van der Waals surface area (Å²) >= 11 is 0. The van der Waals surface area contributed by atoms with E-state index in [9.17, 15) is 18.4 Å². The maximum absolute atomic E-state index is 14.4. The third-order valence-electron chi connectivity index (χ3n) is 4.59. The van der Waals surface area contributed by atoms with Crippen LogP contribution in [0.25, 0.3) is 0 Å². The summed E-state index contributed by atoms with van der Waals surface area (Å²) in [6, 6.07) is 7.61. The van der Waals surface area contributed by atoms with Crippen LogP contribution in [0.2, 0.25) is 0 Å². The minimum atomic E-state index is -0.596. The average molecular weight is 387 g/mol. The van der Waals surface area contributed by atoms with Crippen molar-refractivity contribution in [2.75, 3.05) is 14.2 Å². The number of hydrogen-bond donors (Lipinski definition) is 0. The molecule has 0 bridgehead atoms. The Morgan fingerprint density at radius 1 is 1.11 bits per heavy atom. The fourth-order valence-electron chi connectivity index (χ4n) is 3.13. The number of carbonyl (C=O) groups excluding carboxylic acids is 2. The molecule has 0 saturated heterocycles. The fourth-order valence-corrected chi connectivity index (χ4v) is 3.13. The van der Waals surface area contributed by atoms with E-state index >= 15 is 0 Å². The number of benzene rings is 2. The number of halogens is 2. The molecule has 7 heteroatoms. The van der Waals surface area contributed by atoms with Crippen molar-refractivity contribution >= 4 is 11.7 Å². The van der Waals surface area contributed by atoms with Gasteiger partial charge in [-0.05, 0) is 29.8 Å². The molecule has 0 spiro atoms. The van der Waals surface area contributed by atoms with Crippen LogP contribution < -0.4 is 9.47 Å². The van der Waals surface area contributed by atoms with Gasteiger partial charge in [0.15, 0.2) is 17.3 Å². The first-order valence-corrected chi connectivity index (χ1v) is 8.61. The molecule has 28 heavy (non-hydrogen) atoms. The van der Waals surface area contributed by atoms with Crippen molar-refractivity contribution < 1.29 is 27.8 Å². The Kier molecular flexibility index (Phi) is 5.73. The highest BCUT2D eigenvalue weighted by molar-refractivity contribution is 5.93. The molecule has 3 rings (SSSR count). The molecule has 1 atom stereocenters. The Morgan fingerprint density at radius 3 is 2.39 bits per heavy atom. The van der Waals surface area contributed by atoms with Gasteiger partial charge in [-0.25, -0.2) is 8.78 Å². The third kappa shape index (κ3) is 4.03. The smallest absolute Gasteiger partial charge is 0.231 e. The van der Waals surface area contributed by atoms with E-state index in [0.717, 1.165) is 6.07 Å². The molecule has 146 valence electrons. The molecule has 1 aliphatic heterocycles. The normalized spacial score (nSPS) is 16.2. The second-order valence-corrected chi connectivity index (χ2v) is 6.33. The molecule has 1 heterocycles. The molecule has 1 unspecified atom stereocenters. The van der Waals surface area contributed by atoms with Gasteiger partial charge in [-0.2, -0.15) is 0 Å². The van der Waals surface area contributed by atoms with Gasteiger partial charge in [0.1, 0.15) is 11.6 Å². The summed E-state index contributed by atoms with van der Waals surface area (Å²) in [7, 11) is 2.82. The summed E-state index contributed by atoms with van der Waals surface area (Å²) in [4.78, 5) is 26.1. The second kappa shape index (κ2) is 8.21. The summed E-state index contributed by atoms with van der Waals surface area (Å²) in [5.74, 6) is -1.01. The van der Waals surface area contributed by atoms with Gasteiger partial charge < -0.3 is 14.4 Å². The van der Waals surface area contributed by atoms with Crippen molar-refractivity contribution in [2.45, 2.75) is 18.9 Å². The van der Waals surface area contributed by atoms with Gasteiger partial charge in [-0.1, -0.05) is 12.1 Å². The highest BCUT2D eigenvalue weighted by Crippen LogP contribution is 2.32. The largest absolute Gasteiger partial charge is 0.493 e. The number of ether oxygens (including phenoxy) is 2. The summed E-state index contributed by atoms with van der Waals surface area (Å²) in [6.07, 6.45) is 2.54. The van der Waals surface area contributed by atoms with E-state index in [1.54, 1.807) is 0 Å². The lowest BCUT2D eigenvalue weighted by Gasteiger charge is -2.31. The van der Waals surface area contributed by atoms with E-state index in [-0.39, 0.29) is 29.9 Å². The Labute approximate surface area is 161 Å². The fraction of sp³-hybridized carbons (Fsp3) is 0.238. The van der Waals surface area contributed by atoms with Gasteiger partial charge in [0.25, 0.3) is 0 Å². The lowest BCUT2D eigenvalue weighted by atomic mass is 9.96. The van der Waals surface area contributed by atoms with Crippen LogP contribution in [-0.4, -0.2) is 30.8 Å². The van der Waals surface area contributed by atoms with Crippen LogP contribution in [0.15, 0.2) is 48.7 Å². The molecule has 1 amide bonds. The molecule has 2 aromatic carbocycles. The summed E-state index contributed by atoms with van der Waals surface area (Å²) in [5.41, 5.74) is 0.769. The Hall–Kier alpha value is -3.22. The minimum Gasteiger partial charge on any atom is -0.493 e. The maximum atomic E-state index is 14.4. The van der Waals surface area contributed by atoms with Crippen LogP contribution >= 0.6 is 0 Å². The standard InChI is InChI=1S/C21H19F2NO4/c1-27-19-9-14(17(23)12-20(19)28-2)10-21(26)24-8-7-16(25)11-18(24)13-3-5-15(22)6-4-13/h3-9,12,18H,10-11H2,1-2H3. The zero-order valence-electron chi connectivity index (χ0n) is 15.4. The Morgan fingerprint density at radius 2 is 1.75 bits per heavy atom. The van der Waals surface area contributed by atoms with Gasteiger partial charge in [-0.15, -0.1) is 0 Å². The van der Waals surface area contributed by atoms with E-state index in [4.69, 9.17) is 9.47 Å². The van der Waals surface area contributed by atoms with E-state index in [1.165, 1.54) is 61.7 Å². The van der Waals surface area contributed by atoms with Gasteiger partial charge in [0, 0.05) is 24.3 Å². The van der Waals surface area contributed by atoms with Crippen LogP contribution in [0.4, 0.5) is 8.78 Å². The van der Waals surface area contributed by atoms with Crippen LogP contribution in [0, 0.1) is 11.6 Å². The molecule has 0 N–H and O–H groups in total. The van der Waals surface area contributed by atoms with Crippen molar-refractivity contribution in [1.82, 2.24) is 4.90 Å². The molecule has 2 aromatic rings. The lowest BCUT2D eigenvalue weighted by molar-refractivity contribution is -0.131. The highest BCUT2D eigenvalue weighted by atomic mass is 19.1. The van der Waals surface area contributed by atoms with Crippen LogP contribution in [0.3, 0.4) is 0 Å². The monoisotopic (exact) mass is 387 g/mol. The van der Waals surface area contributed by atoms with Crippen molar-refractivity contribution in [3.8, 4) is 11.5 Å². The van der Waals surface area contributed by atoms with Gasteiger partial charge >= 0.3 is 0 Å². The van der Waals surface area contributed by atoms with E-state index in [1.807, 2.05) is 0 Å². The van der Waals surface area contributed by atoms with Crippen molar-refractivity contribution in [3.05, 3.63) is 71.4 Å². The molecular weight excluding hydrogens is 368 g/mol. The number of rotatable bonds is 5. The number of ketones is 1. The molecule has 0 saturated carbocycles. The SMILES string of the molecule is COc1cc(F)c(CC(=O)N2C=CC(=O)CC2c2ccc(F)cc2)cc1OC. The minimum absolute atomic E-state index is 0.0717. The van der Waals surface area contributed by atoms with Gasteiger partial charge in [0.2, 0.25) is 5.91 Å². The van der Waals surface area contributed by atoms with E-state index in [0.29, 0.717) is 11.3 Å². The van der Waals surface area contributed by atoms with Gasteiger partial charge in [-0.3, -0.25) is 9.59 Å². The predicted molar refractivity (Wildman–Crippen MR) is 98.0 cm³/mol. The summed E-state index contributed by atoms with van der Waals surface area (Å²) < 4.78 is 37.8. The number of nitrogens with zero attached hydrogens (tertiary/aromatic N) is 1. The van der Waals surface area contributed by atoms with Gasteiger partial charge in [0.05, 0.1) is 26.7 Å². The number of carbonyl (C=O) groups is 2. The number of hydrogen-bond acceptors (Lipinski definition) is 4. The number of methoxy groups -OCH3 is 2. The first-order valence-electron chi connectivity index (χ1n) is 8.61. The van der Waals surface area contributed by atoms with Crippen LogP contribution in [0.1, 0.15) is 23.6 Å². The van der Waals surface area contributed by atoms with Crippen LogP contribution in [0.5, 0.6) is 11.5 Å². The van der Waals surface area contributed by atoms with E-state index in [2.05, 4.69) is 0 Å². The summed E-state index contributed by atoms with van der Waals surface area (Å²) in [5, 5.41) is 0. The lowest BCUT2D eigenvalue weighted by Crippen LogP contribution is -2.35. The zero-order chi connectivity index (χ0) is 20.3.